The van der Waals surface area contributed by atoms with E-state index in [0.717, 1.165) is 25.9 Å². The van der Waals surface area contributed by atoms with Crippen molar-refractivity contribution in [2.45, 2.75) is 30.6 Å². The second kappa shape index (κ2) is 4.70. The third-order valence-electron chi connectivity index (χ3n) is 2.99. The van der Waals surface area contributed by atoms with Crippen LogP contribution >= 0.6 is 0 Å². The van der Waals surface area contributed by atoms with Crippen LogP contribution in [0.5, 0.6) is 0 Å². The molecule has 6 heteroatoms. The van der Waals surface area contributed by atoms with Crippen LogP contribution in [-0.2, 0) is 9.84 Å². The van der Waals surface area contributed by atoms with E-state index in [1.165, 1.54) is 12.5 Å². The van der Waals surface area contributed by atoms with E-state index in [-0.39, 0.29) is 10.8 Å². The van der Waals surface area contributed by atoms with Gasteiger partial charge >= 0.3 is 0 Å². The van der Waals surface area contributed by atoms with Crippen molar-refractivity contribution in [3.8, 4) is 0 Å². The number of aryl methyl sites for hydroxylation is 1. The van der Waals surface area contributed by atoms with Crippen LogP contribution in [0.25, 0.3) is 0 Å². The van der Waals surface area contributed by atoms with Gasteiger partial charge in [0.1, 0.15) is 10.7 Å². The van der Waals surface area contributed by atoms with Gasteiger partial charge in [-0.2, -0.15) is 0 Å². The van der Waals surface area contributed by atoms with Crippen LogP contribution in [-0.4, -0.2) is 37.7 Å². The quantitative estimate of drug-likeness (QED) is 0.840. The standard InChI is InChI=1S/C11H17N3O2S/c1-8-13-7-10(17(2,15)16)11(14-8)9-4-3-5-12-6-9/h7,9,12H,3-6H2,1-2H3/t9-/m1/s1. The number of hydrogen-bond acceptors (Lipinski definition) is 5. The summed E-state index contributed by atoms with van der Waals surface area (Å²) in [7, 11) is -3.25. The third kappa shape index (κ3) is 2.81. The Hall–Kier alpha value is -1.01. The highest BCUT2D eigenvalue weighted by Gasteiger charge is 2.24. The van der Waals surface area contributed by atoms with E-state index in [4.69, 9.17) is 0 Å². The molecule has 1 aromatic rings. The van der Waals surface area contributed by atoms with Crippen molar-refractivity contribution >= 4 is 9.84 Å². The monoisotopic (exact) mass is 255 g/mol. The van der Waals surface area contributed by atoms with E-state index in [1.807, 2.05) is 0 Å². The van der Waals surface area contributed by atoms with Crippen LogP contribution in [0.2, 0.25) is 0 Å². The Morgan fingerprint density at radius 1 is 1.47 bits per heavy atom. The Labute approximate surface area is 102 Å². The van der Waals surface area contributed by atoms with Gasteiger partial charge in [-0.3, -0.25) is 0 Å². The number of aromatic nitrogens is 2. The lowest BCUT2D eigenvalue weighted by Crippen LogP contribution is -2.30. The van der Waals surface area contributed by atoms with Crippen molar-refractivity contribution in [2.75, 3.05) is 19.3 Å². The Bertz CT molecular complexity index is 507. The lowest BCUT2D eigenvalue weighted by atomic mass is 9.96. The minimum atomic E-state index is -3.25. The predicted octanol–water partition coefficient (Wildman–Crippen LogP) is 0.656. The van der Waals surface area contributed by atoms with E-state index in [9.17, 15) is 8.42 Å². The minimum absolute atomic E-state index is 0.176. The predicted molar refractivity (Wildman–Crippen MR) is 64.7 cm³/mol. The molecule has 0 unspecified atom stereocenters. The molecule has 0 amide bonds. The zero-order chi connectivity index (χ0) is 12.5. The number of nitrogens with zero attached hydrogens (tertiary/aromatic N) is 2. The summed E-state index contributed by atoms with van der Waals surface area (Å²) in [6, 6.07) is 0. The highest BCUT2D eigenvalue weighted by Crippen LogP contribution is 2.26. The molecule has 2 heterocycles. The summed E-state index contributed by atoms with van der Waals surface area (Å²) in [5.74, 6) is 0.799. The molecule has 0 spiro atoms. The Morgan fingerprint density at radius 2 is 2.24 bits per heavy atom. The van der Waals surface area contributed by atoms with Crippen LogP contribution in [0.4, 0.5) is 0 Å². The fourth-order valence-electron chi connectivity index (χ4n) is 2.14. The first-order valence-corrected chi connectivity index (χ1v) is 7.62. The summed E-state index contributed by atoms with van der Waals surface area (Å²) in [6.45, 7) is 3.57. The summed E-state index contributed by atoms with van der Waals surface area (Å²) in [6.07, 6.45) is 4.67. The van der Waals surface area contributed by atoms with E-state index in [0.29, 0.717) is 11.5 Å². The van der Waals surface area contributed by atoms with E-state index in [1.54, 1.807) is 6.92 Å². The van der Waals surface area contributed by atoms with E-state index >= 15 is 0 Å². The maximum atomic E-state index is 11.7. The van der Waals surface area contributed by atoms with Gasteiger partial charge in [-0.1, -0.05) is 0 Å². The first-order chi connectivity index (χ1) is 7.98. The fraction of sp³-hybridized carbons (Fsp3) is 0.636. The molecule has 0 saturated carbocycles. The molecule has 1 aliphatic rings. The van der Waals surface area contributed by atoms with Crippen LogP contribution in [0.3, 0.4) is 0 Å². The van der Waals surface area contributed by atoms with Crippen LogP contribution in [0, 0.1) is 6.92 Å². The first kappa shape index (κ1) is 12.4. The maximum Gasteiger partial charge on any atom is 0.178 e. The van der Waals surface area contributed by atoms with Gasteiger partial charge in [-0.25, -0.2) is 18.4 Å². The molecule has 0 bridgehead atoms. The van der Waals surface area contributed by atoms with Crippen molar-refractivity contribution in [1.29, 1.82) is 0 Å². The minimum Gasteiger partial charge on any atom is -0.316 e. The van der Waals surface area contributed by atoms with E-state index in [2.05, 4.69) is 15.3 Å². The number of sulfone groups is 1. The van der Waals surface area contributed by atoms with E-state index < -0.39 is 9.84 Å². The number of nitrogens with one attached hydrogen (secondary N) is 1. The highest BCUT2D eigenvalue weighted by molar-refractivity contribution is 7.90. The maximum absolute atomic E-state index is 11.7. The Morgan fingerprint density at radius 3 is 2.82 bits per heavy atom. The van der Waals surface area contributed by atoms with Gasteiger partial charge < -0.3 is 5.32 Å². The molecule has 2 rings (SSSR count). The largest absolute Gasteiger partial charge is 0.316 e. The van der Waals surface area contributed by atoms with Gasteiger partial charge in [-0.15, -0.1) is 0 Å². The average Bonchev–Trinajstić information content (AvgIpc) is 2.28. The number of piperidine rings is 1. The molecule has 0 aliphatic carbocycles. The van der Waals surface area contributed by atoms with Crippen molar-refractivity contribution in [2.24, 2.45) is 0 Å². The molecule has 1 atom stereocenters. The van der Waals surface area contributed by atoms with Gasteiger partial charge in [0.15, 0.2) is 9.84 Å². The lowest BCUT2D eigenvalue weighted by molar-refractivity contribution is 0.447. The zero-order valence-corrected chi connectivity index (χ0v) is 10.9. The average molecular weight is 255 g/mol. The molecule has 1 aromatic heterocycles. The van der Waals surface area contributed by atoms with Crippen molar-refractivity contribution in [1.82, 2.24) is 15.3 Å². The number of rotatable bonds is 2. The van der Waals surface area contributed by atoms with Gasteiger partial charge in [-0.05, 0) is 26.3 Å². The molecule has 94 valence electrons. The van der Waals surface area contributed by atoms with Gasteiger partial charge in [0.05, 0.1) is 5.69 Å². The summed E-state index contributed by atoms with van der Waals surface area (Å²) in [5.41, 5.74) is 0.673. The second-order valence-corrected chi connectivity index (χ2v) is 6.47. The normalized spacial score (nSPS) is 21.4. The zero-order valence-electron chi connectivity index (χ0n) is 10.1. The Balaban J connectivity index is 2.46. The van der Waals surface area contributed by atoms with Crippen molar-refractivity contribution in [3.63, 3.8) is 0 Å². The molecule has 17 heavy (non-hydrogen) atoms. The molecule has 5 nitrogen and oxygen atoms in total. The molecule has 1 saturated heterocycles. The first-order valence-electron chi connectivity index (χ1n) is 5.73. The molecule has 0 radical (unpaired) electrons. The summed E-state index contributed by atoms with van der Waals surface area (Å²) >= 11 is 0. The molecular formula is C11H17N3O2S. The topological polar surface area (TPSA) is 72.0 Å². The van der Waals surface area contributed by atoms with Crippen molar-refractivity contribution in [3.05, 3.63) is 17.7 Å². The van der Waals surface area contributed by atoms with Gasteiger partial charge in [0, 0.05) is 24.9 Å². The van der Waals surface area contributed by atoms with Crippen LogP contribution in [0.1, 0.15) is 30.3 Å². The van der Waals surface area contributed by atoms with Gasteiger partial charge in [0.25, 0.3) is 0 Å². The molecule has 1 fully saturated rings. The van der Waals surface area contributed by atoms with Crippen molar-refractivity contribution < 1.29 is 8.42 Å². The number of hydrogen-bond donors (Lipinski definition) is 1. The summed E-state index contributed by atoms with van der Waals surface area (Å²) in [4.78, 5) is 8.60. The van der Waals surface area contributed by atoms with Crippen LogP contribution < -0.4 is 5.32 Å². The highest BCUT2D eigenvalue weighted by atomic mass is 32.2. The molecule has 1 aliphatic heterocycles. The smallest absolute Gasteiger partial charge is 0.178 e. The third-order valence-corrected chi connectivity index (χ3v) is 4.10. The molecule has 1 N–H and O–H groups in total. The summed E-state index contributed by atoms with van der Waals surface area (Å²) in [5, 5.41) is 3.28. The summed E-state index contributed by atoms with van der Waals surface area (Å²) < 4.78 is 23.4. The van der Waals surface area contributed by atoms with Crippen LogP contribution in [0.15, 0.2) is 11.1 Å². The van der Waals surface area contributed by atoms with Gasteiger partial charge in [0.2, 0.25) is 0 Å². The SMILES string of the molecule is Cc1ncc(S(C)(=O)=O)c([C@@H]2CCCNC2)n1. The molecular weight excluding hydrogens is 238 g/mol. The lowest BCUT2D eigenvalue weighted by Gasteiger charge is -2.23. The Kier molecular flexibility index (Phi) is 3.44. The molecule has 0 aromatic carbocycles. The fourth-order valence-corrected chi connectivity index (χ4v) is 2.98. The second-order valence-electron chi connectivity index (χ2n) is 4.48.